The fraction of sp³-hybridized carbons (Fsp3) is 0.241. The molecule has 1 aliphatic heterocycles. The minimum Gasteiger partial charge on any atom is -0.454 e. The maximum absolute atomic E-state index is 13.2. The highest BCUT2D eigenvalue weighted by Crippen LogP contribution is 2.36. The summed E-state index contributed by atoms with van der Waals surface area (Å²) in [5.74, 6) is -1.81. The molecule has 2 heterocycles. The van der Waals surface area contributed by atoms with Gasteiger partial charge in [-0.25, -0.2) is 14.7 Å². The summed E-state index contributed by atoms with van der Waals surface area (Å²) in [5, 5.41) is 9.33. The van der Waals surface area contributed by atoms with E-state index >= 15 is 0 Å². The van der Waals surface area contributed by atoms with Crippen LogP contribution < -0.4 is 4.90 Å². The van der Waals surface area contributed by atoms with E-state index in [9.17, 15) is 24.4 Å². The molecule has 2 amide bonds. The minimum absolute atomic E-state index is 0.0348. The van der Waals surface area contributed by atoms with Crippen LogP contribution in [0, 0.1) is 39.0 Å². The van der Waals surface area contributed by atoms with E-state index in [4.69, 9.17) is 4.74 Å². The van der Waals surface area contributed by atoms with Gasteiger partial charge in [-0.05, 0) is 63.1 Å². The second-order valence-corrected chi connectivity index (χ2v) is 10.2. The first-order chi connectivity index (χ1) is 18.1. The van der Waals surface area contributed by atoms with E-state index in [1.54, 1.807) is 24.3 Å². The SMILES string of the molecule is Cc1ccc(C(=O)COC(=O)c2ccc(N3C(=O)CC(Sc4nc(C)c(C)c(C)c4C#N)C3=O)cc2)cc1. The Hall–Kier alpha value is -4.29. The average molecular weight is 528 g/mol. The maximum Gasteiger partial charge on any atom is 0.338 e. The molecule has 0 aliphatic carbocycles. The first-order valence-corrected chi connectivity index (χ1v) is 12.8. The largest absolute Gasteiger partial charge is 0.454 e. The van der Waals surface area contributed by atoms with Crippen molar-refractivity contribution in [3.63, 3.8) is 0 Å². The van der Waals surface area contributed by atoms with Crippen molar-refractivity contribution in [3.8, 4) is 6.07 Å². The Balaban J connectivity index is 1.43. The number of thioether (sulfide) groups is 1. The van der Waals surface area contributed by atoms with Gasteiger partial charge in [-0.15, -0.1) is 0 Å². The summed E-state index contributed by atoms with van der Waals surface area (Å²) >= 11 is 1.11. The molecule has 0 radical (unpaired) electrons. The van der Waals surface area contributed by atoms with Gasteiger partial charge in [0.15, 0.2) is 12.4 Å². The molecule has 0 N–H and O–H groups in total. The number of imide groups is 1. The molecule has 0 spiro atoms. The van der Waals surface area contributed by atoms with E-state index < -0.39 is 23.7 Å². The van der Waals surface area contributed by atoms with Crippen molar-refractivity contribution < 1.29 is 23.9 Å². The Morgan fingerprint density at radius 3 is 2.26 bits per heavy atom. The van der Waals surface area contributed by atoms with Gasteiger partial charge in [-0.3, -0.25) is 14.4 Å². The molecule has 1 atom stereocenters. The minimum atomic E-state index is -0.721. The van der Waals surface area contributed by atoms with Crippen molar-refractivity contribution in [3.05, 3.63) is 87.6 Å². The summed E-state index contributed by atoms with van der Waals surface area (Å²) in [6, 6.07) is 15.0. The molecule has 8 nitrogen and oxygen atoms in total. The molecule has 38 heavy (non-hydrogen) atoms. The van der Waals surface area contributed by atoms with Gasteiger partial charge in [0.2, 0.25) is 11.8 Å². The van der Waals surface area contributed by atoms with Crippen LogP contribution in [-0.4, -0.2) is 40.4 Å². The van der Waals surface area contributed by atoms with Gasteiger partial charge in [-0.1, -0.05) is 41.6 Å². The number of hydrogen-bond acceptors (Lipinski definition) is 8. The number of aryl methyl sites for hydroxylation is 2. The third-order valence-electron chi connectivity index (χ3n) is 6.50. The molecule has 192 valence electrons. The van der Waals surface area contributed by atoms with E-state index in [1.807, 2.05) is 27.7 Å². The van der Waals surface area contributed by atoms with Crippen LogP contribution >= 0.6 is 11.8 Å². The number of carbonyl (C=O) groups excluding carboxylic acids is 4. The van der Waals surface area contributed by atoms with Gasteiger partial charge in [0.05, 0.1) is 22.1 Å². The van der Waals surface area contributed by atoms with Crippen molar-refractivity contribution in [1.29, 1.82) is 5.26 Å². The van der Waals surface area contributed by atoms with Gasteiger partial charge >= 0.3 is 5.97 Å². The number of rotatable bonds is 7. The maximum atomic E-state index is 13.2. The molecule has 1 saturated heterocycles. The van der Waals surface area contributed by atoms with E-state index in [0.717, 1.165) is 39.0 Å². The second-order valence-electron chi connectivity index (χ2n) is 9.03. The highest BCUT2D eigenvalue weighted by atomic mass is 32.2. The first-order valence-electron chi connectivity index (χ1n) is 11.9. The van der Waals surface area contributed by atoms with E-state index in [0.29, 0.717) is 21.8 Å². The topological polar surface area (TPSA) is 117 Å². The van der Waals surface area contributed by atoms with Crippen molar-refractivity contribution in [2.45, 2.75) is 44.4 Å². The van der Waals surface area contributed by atoms with Gasteiger partial charge < -0.3 is 4.74 Å². The Morgan fingerprint density at radius 1 is 1.00 bits per heavy atom. The predicted octanol–water partition coefficient (Wildman–Crippen LogP) is 4.65. The Labute approximate surface area is 224 Å². The van der Waals surface area contributed by atoms with Gasteiger partial charge in [-0.2, -0.15) is 5.26 Å². The number of ether oxygens (including phenoxy) is 1. The Bertz CT molecular complexity index is 1490. The van der Waals surface area contributed by atoms with Crippen molar-refractivity contribution in [2.24, 2.45) is 0 Å². The number of pyridine rings is 1. The molecule has 1 unspecified atom stereocenters. The highest BCUT2D eigenvalue weighted by molar-refractivity contribution is 8.00. The van der Waals surface area contributed by atoms with E-state index in [1.165, 1.54) is 24.3 Å². The number of benzene rings is 2. The number of amides is 2. The molecule has 1 aromatic heterocycles. The summed E-state index contributed by atoms with van der Waals surface area (Å²) in [7, 11) is 0. The van der Waals surface area contributed by atoms with Crippen LogP contribution in [0.1, 0.15) is 55.1 Å². The summed E-state index contributed by atoms with van der Waals surface area (Å²) in [6.07, 6.45) is -0.0348. The standard InChI is InChI=1S/C29H25N3O5S/c1-16-5-7-20(8-6-16)24(33)15-37-29(36)21-9-11-22(12-10-21)32-26(34)13-25(28(32)35)38-27-23(14-30)18(3)17(2)19(4)31-27/h5-12,25H,13,15H2,1-4H3. The molecular weight excluding hydrogens is 502 g/mol. The number of ketones is 1. The highest BCUT2D eigenvalue weighted by Gasteiger charge is 2.41. The zero-order valence-corrected chi connectivity index (χ0v) is 22.2. The number of esters is 1. The fourth-order valence-corrected chi connectivity index (χ4v) is 5.22. The predicted molar refractivity (Wildman–Crippen MR) is 142 cm³/mol. The number of aromatic nitrogens is 1. The van der Waals surface area contributed by atoms with Crippen LogP contribution in [0.3, 0.4) is 0 Å². The van der Waals surface area contributed by atoms with Crippen molar-refractivity contribution in [1.82, 2.24) is 4.98 Å². The lowest BCUT2D eigenvalue weighted by Gasteiger charge is -2.16. The van der Waals surface area contributed by atoms with Gasteiger partial charge in [0.25, 0.3) is 0 Å². The lowest BCUT2D eigenvalue weighted by atomic mass is 10.1. The lowest BCUT2D eigenvalue weighted by molar-refractivity contribution is -0.121. The summed E-state index contributed by atoms with van der Waals surface area (Å²) in [6.45, 7) is 7.08. The summed E-state index contributed by atoms with van der Waals surface area (Å²) in [5.41, 5.74) is 4.86. The molecule has 1 fully saturated rings. The number of nitriles is 1. The average Bonchev–Trinajstić information content (AvgIpc) is 3.18. The van der Waals surface area contributed by atoms with Crippen LogP contribution in [0.4, 0.5) is 5.69 Å². The molecule has 3 aromatic rings. The molecule has 2 aromatic carbocycles. The smallest absolute Gasteiger partial charge is 0.338 e. The molecule has 0 saturated carbocycles. The first kappa shape index (κ1) is 26.8. The van der Waals surface area contributed by atoms with Crippen molar-refractivity contribution >= 4 is 41.0 Å². The molecular formula is C29H25N3O5S. The van der Waals surface area contributed by atoms with Crippen LogP contribution in [0.2, 0.25) is 0 Å². The number of carbonyl (C=O) groups is 4. The zero-order chi connectivity index (χ0) is 27.6. The Morgan fingerprint density at radius 2 is 1.63 bits per heavy atom. The van der Waals surface area contributed by atoms with Crippen LogP contribution in [0.15, 0.2) is 53.6 Å². The fourth-order valence-electron chi connectivity index (χ4n) is 4.01. The van der Waals surface area contributed by atoms with Gasteiger partial charge in [0.1, 0.15) is 11.1 Å². The van der Waals surface area contributed by atoms with Gasteiger partial charge in [0, 0.05) is 17.7 Å². The number of hydrogen-bond donors (Lipinski definition) is 0. The van der Waals surface area contributed by atoms with Crippen LogP contribution in [0.5, 0.6) is 0 Å². The quantitative estimate of drug-likeness (QED) is 0.248. The Kier molecular flexibility index (Phi) is 7.74. The monoisotopic (exact) mass is 527 g/mol. The number of nitrogens with zero attached hydrogens (tertiary/aromatic N) is 3. The molecule has 1 aliphatic rings. The number of anilines is 1. The van der Waals surface area contributed by atoms with E-state index in [-0.39, 0.29) is 23.7 Å². The number of Topliss-reactive ketones (excluding diaryl/α,β-unsaturated/α-hetero) is 1. The molecule has 4 rings (SSSR count). The van der Waals surface area contributed by atoms with Crippen LogP contribution in [0.25, 0.3) is 0 Å². The summed E-state index contributed by atoms with van der Waals surface area (Å²) in [4.78, 5) is 56.2. The van der Waals surface area contributed by atoms with Crippen LogP contribution in [-0.2, 0) is 14.3 Å². The van der Waals surface area contributed by atoms with Crippen molar-refractivity contribution in [2.75, 3.05) is 11.5 Å². The normalized spacial score (nSPS) is 14.9. The lowest BCUT2D eigenvalue weighted by Crippen LogP contribution is -2.31. The summed E-state index contributed by atoms with van der Waals surface area (Å²) < 4.78 is 5.14. The zero-order valence-electron chi connectivity index (χ0n) is 21.4. The third-order valence-corrected chi connectivity index (χ3v) is 7.67. The second kappa shape index (κ2) is 11.0. The van der Waals surface area contributed by atoms with E-state index in [2.05, 4.69) is 11.1 Å². The molecule has 9 heteroatoms. The third kappa shape index (κ3) is 5.36. The molecule has 0 bridgehead atoms.